The molecule has 0 saturated carbocycles. The van der Waals surface area contributed by atoms with Gasteiger partial charge in [0.25, 0.3) is 0 Å². The molecule has 3 rings (SSSR count). The Morgan fingerprint density at radius 3 is 2.74 bits per heavy atom. The van der Waals surface area contributed by atoms with Gasteiger partial charge in [0.15, 0.2) is 0 Å². The van der Waals surface area contributed by atoms with E-state index in [2.05, 4.69) is 15.3 Å². The lowest BCUT2D eigenvalue weighted by Crippen LogP contribution is -2.24. The van der Waals surface area contributed by atoms with Gasteiger partial charge in [-0.1, -0.05) is 59.8 Å². The fraction of sp³-hybridized carbons (Fsp3) is 0.118. The van der Waals surface area contributed by atoms with E-state index >= 15 is 0 Å². The van der Waals surface area contributed by atoms with Crippen molar-refractivity contribution in [2.45, 2.75) is 11.6 Å². The SMILES string of the molecule is O=C(CSc1ncnc2ccccc12)NCc1ccccc1Cl. The van der Waals surface area contributed by atoms with Gasteiger partial charge in [-0.05, 0) is 17.7 Å². The number of hydrogen-bond donors (Lipinski definition) is 1. The maximum absolute atomic E-state index is 12.0. The minimum Gasteiger partial charge on any atom is -0.351 e. The molecule has 0 radical (unpaired) electrons. The summed E-state index contributed by atoms with van der Waals surface area (Å²) in [6.07, 6.45) is 1.52. The molecule has 0 bridgehead atoms. The van der Waals surface area contributed by atoms with Gasteiger partial charge in [-0.15, -0.1) is 0 Å². The first kappa shape index (κ1) is 15.8. The molecule has 0 aliphatic heterocycles. The minimum atomic E-state index is -0.0578. The van der Waals surface area contributed by atoms with Crippen LogP contribution in [0.15, 0.2) is 59.9 Å². The molecule has 1 heterocycles. The second-order valence-corrected chi connectivity index (χ2v) is 6.22. The smallest absolute Gasteiger partial charge is 0.230 e. The van der Waals surface area contributed by atoms with Gasteiger partial charge in [0.1, 0.15) is 11.4 Å². The van der Waals surface area contributed by atoms with Crippen molar-refractivity contribution in [2.24, 2.45) is 0 Å². The molecule has 1 N–H and O–H groups in total. The summed E-state index contributed by atoms with van der Waals surface area (Å²) >= 11 is 7.47. The van der Waals surface area contributed by atoms with E-state index in [1.165, 1.54) is 18.1 Å². The number of amides is 1. The average Bonchev–Trinajstić information content (AvgIpc) is 2.59. The number of hydrogen-bond acceptors (Lipinski definition) is 4. The molecular formula is C17H14ClN3OS. The number of benzene rings is 2. The lowest BCUT2D eigenvalue weighted by atomic mass is 10.2. The predicted octanol–water partition coefficient (Wildman–Crippen LogP) is 3.69. The standard InChI is InChI=1S/C17H14ClN3OS/c18-14-7-3-1-5-12(14)9-19-16(22)10-23-17-13-6-2-4-8-15(13)20-11-21-17/h1-8,11H,9-10H2,(H,19,22). The molecule has 0 aliphatic carbocycles. The van der Waals surface area contributed by atoms with Crippen LogP contribution in [0.4, 0.5) is 0 Å². The number of nitrogens with one attached hydrogen (secondary N) is 1. The largest absolute Gasteiger partial charge is 0.351 e. The zero-order chi connectivity index (χ0) is 16.1. The van der Waals surface area contributed by atoms with Crippen molar-refractivity contribution < 1.29 is 4.79 Å². The highest BCUT2D eigenvalue weighted by Crippen LogP contribution is 2.23. The molecule has 23 heavy (non-hydrogen) atoms. The summed E-state index contributed by atoms with van der Waals surface area (Å²) in [6, 6.07) is 15.2. The van der Waals surface area contributed by atoms with Gasteiger partial charge in [0, 0.05) is 17.0 Å². The molecule has 6 heteroatoms. The Bertz CT molecular complexity index is 835. The van der Waals surface area contributed by atoms with Crippen LogP contribution in [-0.4, -0.2) is 21.6 Å². The number of halogens is 1. The first-order valence-corrected chi connectivity index (χ1v) is 8.43. The zero-order valence-corrected chi connectivity index (χ0v) is 13.8. The molecule has 116 valence electrons. The molecule has 0 fully saturated rings. The number of nitrogens with zero attached hydrogens (tertiary/aromatic N) is 2. The molecule has 0 saturated heterocycles. The molecule has 0 aliphatic rings. The van der Waals surface area contributed by atoms with Gasteiger partial charge in [0.2, 0.25) is 5.91 Å². The Hall–Kier alpha value is -2.11. The fourth-order valence-corrected chi connectivity index (χ4v) is 3.14. The van der Waals surface area contributed by atoms with Crippen LogP contribution in [0.25, 0.3) is 10.9 Å². The van der Waals surface area contributed by atoms with E-state index in [0.717, 1.165) is 21.5 Å². The summed E-state index contributed by atoms with van der Waals surface area (Å²) in [6.45, 7) is 0.420. The van der Waals surface area contributed by atoms with Crippen molar-refractivity contribution in [3.8, 4) is 0 Å². The Morgan fingerprint density at radius 2 is 1.87 bits per heavy atom. The van der Waals surface area contributed by atoms with Gasteiger partial charge in [-0.3, -0.25) is 4.79 Å². The van der Waals surface area contributed by atoms with Crippen molar-refractivity contribution in [1.82, 2.24) is 15.3 Å². The van der Waals surface area contributed by atoms with Crippen molar-refractivity contribution in [3.63, 3.8) is 0 Å². The van der Waals surface area contributed by atoms with Crippen LogP contribution in [-0.2, 0) is 11.3 Å². The fourth-order valence-electron chi connectivity index (χ4n) is 2.12. The third kappa shape index (κ3) is 4.00. The van der Waals surface area contributed by atoms with E-state index in [1.807, 2.05) is 48.5 Å². The van der Waals surface area contributed by atoms with E-state index in [0.29, 0.717) is 17.3 Å². The monoisotopic (exact) mass is 343 g/mol. The number of thioether (sulfide) groups is 1. The summed E-state index contributed by atoms with van der Waals surface area (Å²) in [5.74, 6) is 0.239. The van der Waals surface area contributed by atoms with Crippen LogP contribution < -0.4 is 5.32 Å². The van der Waals surface area contributed by atoms with Crippen LogP contribution in [0.2, 0.25) is 5.02 Å². The second-order valence-electron chi connectivity index (χ2n) is 4.85. The number of fused-ring (bicyclic) bond motifs is 1. The predicted molar refractivity (Wildman–Crippen MR) is 93.6 cm³/mol. The number of carbonyl (C=O) groups is 1. The Labute approximate surface area is 143 Å². The normalized spacial score (nSPS) is 10.7. The number of rotatable bonds is 5. The van der Waals surface area contributed by atoms with Gasteiger partial charge >= 0.3 is 0 Å². The van der Waals surface area contributed by atoms with Gasteiger partial charge in [-0.2, -0.15) is 0 Å². The number of para-hydroxylation sites is 1. The molecule has 3 aromatic rings. The van der Waals surface area contributed by atoms with E-state index < -0.39 is 0 Å². The van der Waals surface area contributed by atoms with Gasteiger partial charge in [0.05, 0.1) is 11.3 Å². The van der Waals surface area contributed by atoms with Crippen LogP contribution in [0, 0.1) is 0 Å². The Morgan fingerprint density at radius 1 is 1.09 bits per heavy atom. The maximum atomic E-state index is 12.0. The molecule has 0 unspecified atom stereocenters. The molecule has 1 aromatic heterocycles. The third-order valence-corrected chi connectivity index (χ3v) is 4.65. The Balaban J connectivity index is 1.59. The molecule has 0 atom stereocenters. The molecule has 1 amide bonds. The quantitative estimate of drug-likeness (QED) is 0.567. The van der Waals surface area contributed by atoms with E-state index in [4.69, 9.17) is 11.6 Å². The highest BCUT2D eigenvalue weighted by Gasteiger charge is 2.08. The second kappa shape index (κ2) is 7.44. The molecule has 0 spiro atoms. The number of carbonyl (C=O) groups excluding carboxylic acids is 1. The first-order valence-electron chi connectivity index (χ1n) is 7.06. The van der Waals surface area contributed by atoms with Crippen LogP contribution in [0.3, 0.4) is 0 Å². The summed E-state index contributed by atoms with van der Waals surface area (Å²) in [5, 5.41) is 5.29. The Kier molecular flexibility index (Phi) is 5.10. The zero-order valence-electron chi connectivity index (χ0n) is 12.2. The number of aromatic nitrogens is 2. The van der Waals surface area contributed by atoms with Gasteiger partial charge in [-0.25, -0.2) is 9.97 Å². The van der Waals surface area contributed by atoms with Gasteiger partial charge < -0.3 is 5.32 Å². The lowest BCUT2D eigenvalue weighted by Gasteiger charge is -2.07. The minimum absolute atomic E-state index is 0.0578. The topological polar surface area (TPSA) is 54.9 Å². The van der Waals surface area contributed by atoms with Crippen molar-refractivity contribution in [3.05, 3.63) is 65.4 Å². The first-order chi connectivity index (χ1) is 11.2. The summed E-state index contributed by atoms with van der Waals surface area (Å²) in [4.78, 5) is 20.5. The van der Waals surface area contributed by atoms with Crippen LogP contribution in [0.5, 0.6) is 0 Å². The summed E-state index contributed by atoms with van der Waals surface area (Å²) in [7, 11) is 0. The third-order valence-electron chi connectivity index (χ3n) is 3.28. The lowest BCUT2D eigenvalue weighted by molar-refractivity contribution is -0.118. The summed E-state index contributed by atoms with van der Waals surface area (Å²) in [5.41, 5.74) is 1.78. The highest BCUT2D eigenvalue weighted by molar-refractivity contribution is 8.00. The highest BCUT2D eigenvalue weighted by atomic mass is 35.5. The van der Waals surface area contributed by atoms with Crippen molar-refractivity contribution in [1.29, 1.82) is 0 Å². The molecule has 2 aromatic carbocycles. The maximum Gasteiger partial charge on any atom is 0.230 e. The summed E-state index contributed by atoms with van der Waals surface area (Å²) < 4.78 is 0. The van der Waals surface area contributed by atoms with E-state index in [-0.39, 0.29) is 5.91 Å². The van der Waals surface area contributed by atoms with Crippen LogP contribution >= 0.6 is 23.4 Å². The average molecular weight is 344 g/mol. The van der Waals surface area contributed by atoms with Crippen molar-refractivity contribution >= 4 is 40.2 Å². The molecule has 4 nitrogen and oxygen atoms in total. The van der Waals surface area contributed by atoms with Crippen molar-refractivity contribution in [2.75, 3.05) is 5.75 Å². The van der Waals surface area contributed by atoms with Crippen LogP contribution in [0.1, 0.15) is 5.56 Å². The van der Waals surface area contributed by atoms with E-state index in [1.54, 1.807) is 0 Å². The van der Waals surface area contributed by atoms with E-state index in [9.17, 15) is 4.79 Å². The molecular weight excluding hydrogens is 330 g/mol.